The summed E-state index contributed by atoms with van der Waals surface area (Å²) < 4.78 is 4.78. The van der Waals surface area contributed by atoms with Gasteiger partial charge in [0.05, 0.1) is 12.3 Å². The van der Waals surface area contributed by atoms with Crippen molar-refractivity contribution < 1.29 is 49.1 Å². The Morgan fingerprint density at radius 2 is 1.27 bits per heavy atom. The van der Waals surface area contributed by atoms with Crippen LogP contribution in [0.5, 0.6) is 0 Å². The van der Waals surface area contributed by atoms with Gasteiger partial charge in [-0.05, 0) is 38.0 Å². The fourth-order valence-corrected chi connectivity index (χ4v) is 2.54. The van der Waals surface area contributed by atoms with E-state index >= 15 is 0 Å². The molecule has 0 spiro atoms. The van der Waals surface area contributed by atoms with Gasteiger partial charge >= 0.3 is 17.9 Å². The van der Waals surface area contributed by atoms with E-state index in [1.807, 2.05) is 48.6 Å². The van der Waals surface area contributed by atoms with Crippen LogP contribution in [0.25, 0.3) is 6.08 Å². The Morgan fingerprint density at radius 3 is 1.68 bits per heavy atom. The number of carboxylic acid groups (broad SMARTS) is 2. The molecule has 2 aromatic carbocycles. The van der Waals surface area contributed by atoms with Gasteiger partial charge in [-0.2, -0.15) is 0 Å². The van der Waals surface area contributed by atoms with Gasteiger partial charge in [0.1, 0.15) is 12.7 Å². The van der Waals surface area contributed by atoms with E-state index in [9.17, 15) is 24.0 Å². The Labute approximate surface area is 256 Å². The summed E-state index contributed by atoms with van der Waals surface area (Å²) in [5.41, 5.74) is 2.31. The number of aliphatic carboxylic acids is 2. The molecule has 0 fully saturated rings. The van der Waals surface area contributed by atoms with Crippen molar-refractivity contribution in [1.29, 1.82) is 0 Å². The van der Waals surface area contributed by atoms with E-state index in [0.717, 1.165) is 10.5 Å². The number of allylic oxidation sites excluding steroid dienone is 1. The molecular formula is C33H37NO10. The van der Waals surface area contributed by atoms with E-state index in [-0.39, 0.29) is 29.6 Å². The van der Waals surface area contributed by atoms with Gasteiger partial charge in [-0.15, -0.1) is 0 Å². The monoisotopic (exact) mass is 607 g/mol. The normalized spacial score (nSPS) is 12.0. The smallest absolute Gasteiger partial charge is 0.333 e. The van der Waals surface area contributed by atoms with Crippen LogP contribution in [0.4, 0.5) is 5.69 Å². The van der Waals surface area contributed by atoms with Crippen molar-refractivity contribution in [3.05, 3.63) is 121 Å². The summed E-state index contributed by atoms with van der Waals surface area (Å²) in [6, 6.07) is 18.6. The van der Waals surface area contributed by atoms with Crippen LogP contribution < -0.4 is 4.90 Å². The Kier molecular flexibility index (Phi) is 18.7. The minimum atomic E-state index is -1.04. The molecule has 44 heavy (non-hydrogen) atoms. The lowest BCUT2D eigenvalue weighted by Gasteiger charge is -2.12. The Morgan fingerprint density at radius 1 is 0.841 bits per heavy atom. The molecule has 0 saturated heterocycles. The van der Waals surface area contributed by atoms with Crippen LogP contribution in [0.2, 0.25) is 0 Å². The molecule has 2 aromatic rings. The predicted molar refractivity (Wildman–Crippen MR) is 166 cm³/mol. The van der Waals surface area contributed by atoms with Gasteiger partial charge in [0.2, 0.25) is 0 Å². The van der Waals surface area contributed by atoms with Crippen LogP contribution in [0.15, 0.2) is 115 Å². The number of carbonyl (C=O) groups is 5. The third-order valence-corrected chi connectivity index (χ3v) is 4.93. The Hall–Kier alpha value is -5.39. The molecule has 0 radical (unpaired) electrons. The first-order valence-electron chi connectivity index (χ1n) is 12.9. The summed E-state index contributed by atoms with van der Waals surface area (Å²) >= 11 is 0. The number of benzene rings is 2. The fraction of sp³-hybridized carbons (Fsp3) is 0.182. The van der Waals surface area contributed by atoms with Crippen molar-refractivity contribution in [3.63, 3.8) is 0 Å². The number of esters is 1. The predicted octanol–water partition coefficient (Wildman–Crippen LogP) is 3.95. The van der Waals surface area contributed by atoms with Crippen molar-refractivity contribution >= 4 is 41.5 Å². The summed E-state index contributed by atoms with van der Waals surface area (Å²) in [6.45, 7) is 12.2. The number of para-hydroxylation sites is 1. The quantitative estimate of drug-likeness (QED) is 0.176. The van der Waals surface area contributed by atoms with Crippen LogP contribution in [0.3, 0.4) is 0 Å². The number of anilines is 1. The van der Waals surface area contributed by atoms with Crippen molar-refractivity contribution in [3.8, 4) is 0 Å². The zero-order valence-electron chi connectivity index (χ0n) is 24.6. The molecule has 0 aliphatic carbocycles. The van der Waals surface area contributed by atoms with Gasteiger partial charge in [-0.1, -0.05) is 80.4 Å². The lowest BCUT2D eigenvalue weighted by atomic mass is 10.1. The minimum absolute atomic E-state index is 0.176. The highest BCUT2D eigenvalue weighted by molar-refractivity contribution is 6.28. The van der Waals surface area contributed by atoms with E-state index in [4.69, 9.17) is 25.2 Å². The molecule has 0 aromatic heterocycles. The summed E-state index contributed by atoms with van der Waals surface area (Å²) in [5.74, 6) is -3.00. The molecular weight excluding hydrogens is 570 g/mol. The van der Waals surface area contributed by atoms with E-state index in [1.165, 1.54) is 26.0 Å². The number of aliphatic hydroxyl groups is 2. The number of nitrogens with zero attached hydrogens (tertiary/aromatic N) is 1. The maximum atomic E-state index is 11.5. The SMILES string of the molecule is C=C(C)C(=O)O.C=C(C)C(=O)O.C=C(CC=Cc1ccccc1)C(=O)OCC(O)CO.O=C1C=CC(=O)N1c1ccccc1. The molecule has 0 bridgehead atoms. The molecule has 234 valence electrons. The highest BCUT2D eigenvalue weighted by Gasteiger charge is 2.24. The number of hydrogen-bond donors (Lipinski definition) is 4. The number of hydrogen-bond acceptors (Lipinski definition) is 8. The van der Waals surface area contributed by atoms with Gasteiger partial charge in [0.25, 0.3) is 11.8 Å². The number of amides is 2. The van der Waals surface area contributed by atoms with Gasteiger partial charge in [0, 0.05) is 28.9 Å². The topological polar surface area (TPSA) is 179 Å². The van der Waals surface area contributed by atoms with Gasteiger partial charge < -0.3 is 25.2 Å². The maximum Gasteiger partial charge on any atom is 0.333 e. The largest absolute Gasteiger partial charge is 0.478 e. The number of rotatable bonds is 10. The minimum Gasteiger partial charge on any atom is -0.478 e. The molecule has 0 saturated carbocycles. The molecule has 11 nitrogen and oxygen atoms in total. The number of ether oxygens (including phenoxy) is 1. The third kappa shape index (κ3) is 16.8. The Balaban J connectivity index is 0.000000634. The van der Waals surface area contributed by atoms with Crippen molar-refractivity contribution in [2.24, 2.45) is 0 Å². The van der Waals surface area contributed by atoms with E-state index in [1.54, 1.807) is 24.3 Å². The first-order chi connectivity index (χ1) is 20.7. The standard InChI is InChI=1S/C15H18O4.C10H7NO2.2C4H6O2/c1-12(15(18)19-11-14(17)10-16)6-5-9-13-7-3-2-4-8-13;12-9-6-7-10(13)11(9)8-4-2-1-3-5-8;2*1-3(2)4(5)6/h2-5,7-9,14,16-17H,1,6,10-11H2;1-7H;2*1H2,2H3,(H,5,6). The average Bonchev–Trinajstić information content (AvgIpc) is 3.34. The van der Waals surface area contributed by atoms with Crippen molar-refractivity contribution in [2.75, 3.05) is 18.1 Å². The second kappa shape index (κ2) is 21.3. The highest BCUT2D eigenvalue weighted by Crippen LogP contribution is 2.17. The maximum absolute atomic E-state index is 11.5. The fourth-order valence-electron chi connectivity index (χ4n) is 2.54. The molecule has 1 unspecified atom stereocenters. The zero-order chi connectivity index (χ0) is 33.7. The summed E-state index contributed by atoms with van der Waals surface area (Å²) in [5, 5.41) is 33.4. The summed E-state index contributed by atoms with van der Waals surface area (Å²) in [4.78, 5) is 54.2. The zero-order valence-corrected chi connectivity index (χ0v) is 24.6. The van der Waals surface area contributed by atoms with Crippen LogP contribution in [-0.2, 0) is 28.7 Å². The summed E-state index contributed by atoms with van der Waals surface area (Å²) in [7, 11) is 0. The van der Waals surface area contributed by atoms with E-state index in [2.05, 4.69) is 19.7 Å². The Bertz CT molecular complexity index is 1300. The van der Waals surface area contributed by atoms with Crippen molar-refractivity contribution in [1.82, 2.24) is 0 Å². The van der Waals surface area contributed by atoms with E-state index in [0.29, 0.717) is 17.7 Å². The first kappa shape index (κ1) is 38.6. The molecule has 1 aliphatic heterocycles. The van der Waals surface area contributed by atoms with Gasteiger partial charge in [-0.25, -0.2) is 19.3 Å². The lowest BCUT2D eigenvalue weighted by molar-refractivity contribution is -0.142. The number of imide groups is 1. The van der Waals surface area contributed by atoms with Crippen molar-refractivity contribution in [2.45, 2.75) is 26.4 Å². The second-order valence-electron chi connectivity index (χ2n) is 8.91. The second-order valence-corrected chi connectivity index (χ2v) is 8.91. The van der Waals surface area contributed by atoms with Crippen LogP contribution >= 0.6 is 0 Å². The van der Waals surface area contributed by atoms with Crippen LogP contribution in [-0.4, -0.2) is 69.5 Å². The van der Waals surface area contributed by atoms with Crippen LogP contribution in [0.1, 0.15) is 25.8 Å². The highest BCUT2D eigenvalue weighted by atomic mass is 16.5. The molecule has 1 atom stereocenters. The molecule has 4 N–H and O–H groups in total. The van der Waals surface area contributed by atoms with Crippen LogP contribution in [0, 0.1) is 0 Å². The molecule has 2 amide bonds. The van der Waals surface area contributed by atoms with Gasteiger partial charge in [-0.3, -0.25) is 9.59 Å². The third-order valence-electron chi connectivity index (χ3n) is 4.93. The molecule has 1 aliphatic rings. The average molecular weight is 608 g/mol. The molecule has 1 heterocycles. The summed E-state index contributed by atoms with van der Waals surface area (Å²) in [6.07, 6.45) is 5.59. The molecule has 11 heteroatoms. The number of carboxylic acids is 2. The molecule has 3 rings (SSSR count). The van der Waals surface area contributed by atoms with Gasteiger partial charge in [0.15, 0.2) is 0 Å². The van der Waals surface area contributed by atoms with E-state index < -0.39 is 30.6 Å². The number of aliphatic hydroxyl groups excluding tert-OH is 2. The number of carbonyl (C=O) groups excluding carboxylic acids is 3. The lowest BCUT2D eigenvalue weighted by Crippen LogP contribution is -2.29. The first-order valence-corrected chi connectivity index (χ1v) is 12.9.